The van der Waals surface area contributed by atoms with E-state index >= 15 is 0 Å². The van der Waals surface area contributed by atoms with Gasteiger partial charge >= 0.3 is 0 Å². The molecule has 8 heteroatoms. The summed E-state index contributed by atoms with van der Waals surface area (Å²) in [4.78, 5) is 8.02. The van der Waals surface area contributed by atoms with Gasteiger partial charge in [-0.1, -0.05) is 17.7 Å². The van der Waals surface area contributed by atoms with Crippen LogP contribution < -0.4 is 5.32 Å². The first kappa shape index (κ1) is 23.6. The summed E-state index contributed by atoms with van der Waals surface area (Å²) < 4.78 is 23.6. The molecule has 26 heavy (non-hydrogen) atoms. The van der Waals surface area contributed by atoms with Crippen molar-refractivity contribution < 1.29 is 8.42 Å². The Kier molecular flexibility index (Phi) is 9.22. The zero-order chi connectivity index (χ0) is 18.5. The first-order valence-electron chi connectivity index (χ1n) is 8.70. The van der Waals surface area contributed by atoms with Crippen molar-refractivity contribution in [3.8, 4) is 0 Å². The van der Waals surface area contributed by atoms with Gasteiger partial charge in [-0.25, -0.2) is 8.42 Å². The standard InChI is InChI=1S/C18H29N3O2S2.HI/c1-5-19-17(21-11-13-25(22,23)18(3,4)14-21)20-10-12-24-16-8-6-15(2)7-9-16;/h6-9H,5,10-14H2,1-4H3,(H,19,20);1H. The fraction of sp³-hybridized carbons (Fsp3) is 0.611. The molecule has 1 aromatic carbocycles. The summed E-state index contributed by atoms with van der Waals surface area (Å²) in [5.74, 6) is 1.89. The molecule has 0 aromatic heterocycles. The minimum absolute atomic E-state index is 0. The van der Waals surface area contributed by atoms with Crippen molar-refractivity contribution in [1.82, 2.24) is 10.2 Å². The molecule has 1 aliphatic rings. The van der Waals surface area contributed by atoms with Gasteiger partial charge in [0.2, 0.25) is 0 Å². The van der Waals surface area contributed by atoms with E-state index in [0.29, 0.717) is 19.6 Å². The molecule has 2 rings (SSSR count). The van der Waals surface area contributed by atoms with Crippen LogP contribution >= 0.6 is 35.7 Å². The smallest absolute Gasteiger partial charge is 0.194 e. The number of thioether (sulfide) groups is 1. The second-order valence-corrected chi connectivity index (χ2v) is 10.8. The Balaban J connectivity index is 0.00000338. The molecule has 0 aliphatic carbocycles. The lowest BCUT2D eigenvalue weighted by Gasteiger charge is -2.39. The van der Waals surface area contributed by atoms with Crippen molar-refractivity contribution in [1.29, 1.82) is 0 Å². The Morgan fingerprint density at radius 3 is 2.54 bits per heavy atom. The number of guanidine groups is 1. The highest BCUT2D eigenvalue weighted by Gasteiger charge is 2.40. The highest BCUT2D eigenvalue weighted by atomic mass is 127. The molecule has 0 radical (unpaired) electrons. The molecule has 1 aromatic rings. The molecule has 5 nitrogen and oxygen atoms in total. The number of nitrogens with zero attached hydrogens (tertiary/aromatic N) is 2. The predicted octanol–water partition coefficient (Wildman–Crippen LogP) is 3.18. The minimum atomic E-state index is -3.04. The van der Waals surface area contributed by atoms with Crippen molar-refractivity contribution in [2.24, 2.45) is 4.99 Å². The highest BCUT2D eigenvalue weighted by Crippen LogP contribution is 2.24. The van der Waals surface area contributed by atoms with E-state index in [0.717, 1.165) is 18.3 Å². The van der Waals surface area contributed by atoms with E-state index in [9.17, 15) is 8.42 Å². The molecule has 0 amide bonds. The van der Waals surface area contributed by atoms with Gasteiger partial charge in [0.25, 0.3) is 0 Å². The molecule has 1 heterocycles. The third-order valence-corrected chi connectivity index (χ3v) is 7.85. The van der Waals surface area contributed by atoms with Gasteiger partial charge in [0.1, 0.15) is 0 Å². The van der Waals surface area contributed by atoms with Gasteiger partial charge < -0.3 is 10.2 Å². The molecule has 0 spiro atoms. The van der Waals surface area contributed by atoms with E-state index in [1.54, 1.807) is 25.6 Å². The van der Waals surface area contributed by atoms with Gasteiger partial charge in [0.05, 0.1) is 17.0 Å². The van der Waals surface area contributed by atoms with Gasteiger partial charge in [-0.15, -0.1) is 35.7 Å². The van der Waals surface area contributed by atoms with Crippen LogP contribution in [0.4, 0.5) is 0 Å². The highest BCUT2D eigenvalue weighted by molar-refractivity contribution is 14.0. The van der Waals surface area contributed by atoms with E-state index in [2.05, 4.69) is 41.4 Å². The number of halogens is 1. The monoisotopic (exact) mass is 511 g/mol. The van der Waals surface area contributed by atoms with E-state index in [1.165, 1.54) is 10.5 Å². The number of rotatable bonds is 5. The van der Waals surface area contributed by atoms with Gasteiger partial charge in [-0.3, -0.25) is 4.99 Å². The zero-order valence-electron chi connectivity index (χ0n) is 16.0. The number of hydrogen-bond donors (Lipinski definition) is 1. The molecule has 0 atom stereocenters. The molecule has 0 bridgehead atoms. The van der Waals surface area contributed by atoms with Crippen molar-refractivity contribution >= 4 is 51.5 Å². The third-order valence-electron chi connectivity index (χ3n) is 4.32. The molecular formula is C18H30IN3O2S2. The lowest BCUT2D eigenvalue weighted by Crippen LogP contribution is -2.57. The number of benzene rings is 1. The maximum atomic E-state index is 12.2. The van der Waals surface area contributed by atoms with Crippen LogP contribution in [0.15, 0.2) is 34.2 Å². The van der Waals surface area contributed by atoms with E-state index in [-0.39, 0.29) is 29.7 Å². The number of nitrogens with one attached hydrogen (secondary N) is 1. The average molecular weight is 511 g/mol. The molecule has 0 unspecified atom stereocenters. The van der Waals surface area contributed by atoms with E-state index in [1.807, 2.05) is 6.92 Å². The fourth-order valence-electron chi connectivity index (χ4n) is 2.70. The van der Waals surface area contributed by atoms with Crippen LogP contribution in [0.25, 0.3) is 0 Å². The molecular weight excluding hydrogens is 481 g/mol. The lowest BCUT2D eigenvalue weighted by atomic mass is 10.2. The van der Waals surface area contributed by atoms with Crippen molar-refractivity contribution in [2.45, 2.75) is 37.3 Å². The first-order chi connectivity index (χ1) is 11.7. The van der Waals surface area contributed by atoms with Crippen LogP contribution in [0.3, 0.4) is 0 Å². The largest absolute Gasteiger partial charge is 0.357 e. The Bertz CT molecular complexity index is 704. The third kappa shape index (κ3) is 6.30. The van der Waals surface area contributed by atoms with E-state index in [4.69, 9.17) is 4.99 Å². The summed E-state index contributed by atoms with van der Waals surface area (Å²) in [5, 5.41) is 3.30. The van der Waals surface area contributed by atoms with Crippen LogP contribution in [0.5, 0.6) is 0 Å². The Morgan fingerprint density at radius 2 is 1.96 bits per heavy atom. The van der Waals surface area contributed by atoms with Gasteiger partial charge in [-0.2, -0.15) is 0 Å². The summed E-state index contributed by atoms with van der Waals surface area (Å²) >= 11 is 1.79. The van der Waals surface area contributed by atoms with E-state index < -0.39 is 14.6 Å². The SMILES string of the molecule is CCNC(=NCCSc1ccc(C)cc1)N1CCS(=O)(=O)C(C)(C)C1.I. The van der Waals surface area contributed by atoms with Gasteiger partial charge in [-0.05, 0) is 39.8 Å². The van der Waals surface area contributed by atoms with Gasteiger partial charge in [0.15, 0.2) is 15.8 Å². The van der Waals surface area contributed by atoms with Crippen molar-refractivity contribution in [3.05, 3.63) is 29.8 Å². The maximum Gasteiger partial charge on any atom is 0.194 e. The second kappa shape index (κ2) is 10.2. The van der Waals surface area contributed by atoms with Crippen LogP contribution in [-0.2, 0) is 9.84 Å². The predicted molar refractivity (Wildman–Crippen MR) is 123 cm³/mol. The van der Waals surface area contributed by atoms with Crippen LogP contribution in [0, 0.1) is 6.92 Å². The van der Waals surface area contributed by atoms with Crippen molar-refractivity contribution in [2.75, 3.05) is 37.7 Å². The summed E-state index contributed by atoms with van der Waals surface area (Å²) in [6.45, 7) is 10.2. The van der Waals surface area contributed by atoms with Crippen LogP contribution in [0.2, 0.25) is 0 Å². The summed E-state index contributed by atoms with van der Waals surface area (Å²) in [5.41, 5.74) is 1.26. The molecule has 1 N–H and O–H groups in total. The molecule has 0 saturated carbocycles. The van der Waals surface area contributed by atoms with Crippen LogP contribution in [-0.4, -0.2) is 61.7 Å². The summed E-state index contributed by atoms with van der Waals surface area (Å²) in [6.07, 6.45) is 0. The zero-order valence-corrected chi connectivity index (χ0v) is 20.0. The quantitative estimate of drug-likeness (QED) is 0.216. The van der Waals surface area contributed by atoms with Gasteiger partial charge in [0, 0.05) is 30.3 Å². The molecule has 1 saturated heterocycles. The number of sulfone groups is 1. The number of hydrogen-bond acceptors (Lipinski definition) is 4. The minimum Gasteiger partial charge on any atom is -0.357 e. The Morgan fingerprint density at radius 1 is 1.31 bits per heavy atom. The first-order valence-corrected chi connectivity index (χ1v) is 11.3. The Labute approximate surface area is 179 Å². The van der Waals surface area contributed by atoms with Crippen LogP contribution in [0.1, 0.15) is 26.3 Å². The molecule has 148 valence electrons. The number of aliphatic imine (C=N–C) groups is 1. The fourth-order valence-corrected chi connectivity index (χ4v) is 4.81. The molecule has 1 fully saturated rings. The number of aryl methyl sites for hydroxylation is 1. The second-order valence-electron chi connectivity index (χ2n) is 6.90. The molecule has 1 aliphatic heterocycles. The lowest BCUT2D eigenvalue weighted by molar-refractivity contribution is 0.353. The average Bonchev–Trinajstić information content (AvgIpc) is 2.55. The normalized spacial score (nSPS) is 18.9. The summed E-state index contributed by atoms with van der Waals surface area (Å²) in [7, 11) is -3.04. The maximum absolute atomic E-state index is 12.2. The van der Waals surface area contributed by atoms with Crippen molar-refractivity contribution in [3.63, 3.8) is 0 Å². The summed E-state index contributed by atoms with van der Waals surface area (Å²) in [6, 6.07) is 8.50. The Hall–Kier alpha value is -0.480. The topological polar surface area (TPSA) is 61.8 Å².